The molecule has 0 aliphatic heterocycles. The molecule has 0 spiro atoms. The van der Waals surface area contributed by atoms with Crippen LogP contribution in [-0.4, -0.2) is 25.2 Å². The molecule has 5 rings (SSSR count). The number of nitrogens with zero attached hydrogens (tertiary/aromatic N) is 4. The molecule has 0 bridgehead atoms. The van der Waals surface area contributed by atoms with E-state index in [0.717, 1.165) is 27.9 Å². The maximum Gasteiger partial charge on any atom is 0.226 e. The molecule has 3 aromatic carbocycles. The summed E-state index contributed by atoms with van der Waals surface area (Å²) in [5.41, 5.74) is 4.25. The smallest absolute Gasteiger partial charge is 0.226 e. The number of anilines is 1. The Hall–Kier alpha value is -4.26. The van der Waals surface area contributed by atoms with Crippen molar-refractivity contribution < 1.29 is 4.79 Å². The van der Waals surface area contributed by atoms with E-state index >= 15 is 0 Å². The van der Waals surface area contributed by atoms with Crippen LogP contribution in [0.15, 0.2) is 90.1 Å². The number of amides is 1. The molecular formula is C24H19N5O2. The summed E-state index contributed by atoms with van der Waals surface area (Å²) in [6, 6.07) is 22.8. The number of benzene rings is 3. The van der Waals surface area contributed by atoms with Gasteiger partial charge in [0.1, 0.15) is 6.33 Å². The van der Waals surface area contributed by atoms with E-state index in [1.807, 2.05) is 71.3 Å². The molecule has 31 heavy (non-hydrogen) atoms. The van der Waals surface area contributed by atoms with Crippen LogP contribution in [0.1, 0.15) is 6.42 Å². The lowest BCUT2D eigenvalue weighted by molar-refractivity contribution is -0.116. The minimum Gasteiger partial charge on any atom is -0.326 e. The van der Waals surface area contributed by atoms with Crippen molar-refractivity contribution in [1.29, 1.82) is 0 Å². The average Bonchev–Trinajstić information content (AvgIpc) is 3.24. The summed E-state index contributed by atoms with van der Waals surface area (Å²) in [4.78, 5) is 28.8. The van der Waals surface area contributed by atoms with E-state index in [2.05, 4.69) is 15.4 Å². The molecule has 0 saturated heterocycles. The molecule has 0 unspecified atom stereocenters. The Labute approximate surface area is 177 Å². The second-order valence-electron chi connectivity index (χ2n) is 7.20. The highest BCUT2D eigenvalue weighted by Crippen LogP contribution is 2.19. The van der Waals surface area contributed by atoms with Crippen molar-refractivity contribution in [2.24, 2.45) is 0 Å². The monoisotopic (exact) mass is 409 g/mol. The van der Waals surface area contributed by atoms with Gasteiger partial charge in [-0.2, -0.15) is 5.10 Å². The summed E-state index contributed by atoms with van der Waals surface area (Å²) < 4.78 is 3.69. The number of nitrogens with one attached hydrogen (secondary N) is 1. The summed E-state index contributed by atoms with van der Waals surface area (Å²) in [6.45, 7) is 0.381. The van der Waals surface area contributed by atoms with Gasteiger partial charge in [-0.3, -0.25) is 18.8 Å². The van der Waals surface area contributed by atoms with E-state index in [1.54, 1.807) is 17.1 Å². The third-order valence-corrected chi connectivity index (χ3v) is 5.20. The zero-order valence-corrected chi connectivity index (χ0v) is 16.6. The van der Waals surface area contributed by atoms with Crippen LogP contribution in [0, 0.1) is 0 Å². The normalized spacial score (nSPS) is 11.1. The van der Waals surface area contributed by atoms with Crippen molar-refractivity contribution in [3.8, 4) is 5.69 Å². The molecule has 0 aliphatic carbocycles. The third-order valence-electron chi connectivity index (χ3n) is 5.20. The first kappa shape index (κ1) is 18.7. The predicted molar refractivity (Wildman–Crippen MR) is 120 cm³/mol. The van der Waals surface area contributed by atoms with Gasteiger partial charge in [0.15, 0.2) is 0 Å². The van der Waals surface area contributed by atoms with Gasteiger partial charge in [0.2, 0.25) is 11.3 Å². The maximum absolute atomic E-state index is 12.4. The van der Waals surface area contributed by atoms with Crippen LogP contribution in [0.2, 0.25) is 0 Å². The number of rotatable bonds is 5. The van der Waals surface area contributed by atoms with Crippen molar-refractivity contribution in [1.82, 2.24) is 19.3 Å². The zero-order chi connectivity index (χ0) is 21.2. The van der Waals surface area contributed by atoms with Gasteiger partial charge in [0.25, 0.3) is 0 Å². The number of fused-ring (bicyclic) bond motifs is 2. The first-order chi connectivity index (χ1) is 15.2. The van der Waals surface area contributed by atoms with Crippen molar-refractivity contribution in [2.45, 2.75) is 13.0 Å². The Morgan fingerprint density at radius 1 is 0.903 bits per heavy atom. The van der Waals surface area contributed by atoms with Crippen LogP contribution >= 0.6 is 0 Å². The van der Waals surface area contributed by atoms with Crippen LogP contribution in [-0.2, 0) is 11.3 Å². The Morgan fingerprint density at radius 3 is 2.48 bits per heavy atom. The number of imidazole rings is 1. The van der Waals surface area contributed by atoms with Gasteiger partial charge >= 0.3 is 0 Å². The van der Waals surface area contributed by atoms with Crippen LogP contribution < -0.4 is 10.7 Å². The maximum atomic E-state index is 12.4. The standard InChI is InChI=1S/C24H19N5O2/c30-23-15-26-29(21-7-3-1-5-19(21)23)14-13-24(31)27-17-9-11-18(12-10-17)28-16-25-20-6-2-4-8-22(20)28/h1-12,15-16H,13-14H2,(H,27,31). The van der Waals surface area contributed by atoms with Gasteiger partial charge in [0, 0.05) is 23.2 Å². The zero-order valence-electron chi connectivity index (χ0n) is 16.6. The van der Waals surface area contributed by atoms with Crippen molar-refractivity contribution in [3.05, 3.63) is 95.5 Å². The largest absolute Gasteiger partial charge is 0.326 e. The van der Waals surface area contributed by atoms with Gasteiger partial charge in [-0.05, 0) is 48.5 Å². The molecule has 2 aromatic heterocycles. The summed E-state index contributed by atoms with van der Waals surface area (Å²) in [5.74, 6) is -0.120. The molecule has 1 N–H and O–H groups in total. The van der Waals surface area contributed by atoms with Crippen molar-refractivity contribution in [2.75, 3.05) is 5.32 Å². The van der Waals surface area contributed by atoms with Crippen molar-refractivity contribution >= 4 is 33.5 Å². The summed E-state index contributed by atoms with van der Waals surface area (Å²) in [5, 5.41) is 7.68. The van der Waals surface area contributed by atoms with Crippen LogP contribution in [0.5, 0.6) is 0 Å². The summed E-state index contributed by atoms with van der Waals surface area (Å²) in [7, 11) is 0. The van der Waals surface area contributed by atoms with E-state index in [9.17, 15) is 9.59 Å². The number of hydrogen-bond acceptors (Lipinski definition) is 4. The van der Waals surface area contributed by atoms with Gasteiger partial charge in [-0.1, -0.05) is 24.3 Å². The van der Waals surface area contributed by atoms with E-state index in [1.165, 1.54) is 6.20 Å². The molecule has 7 nitrogen and oxygen atoms in total. The van der Waals surface area contributed by atoms with Gasteiger partial charge in [0.05, 0.1) is 29.3 Å². The number of carbonyl (C=O) groups is 1. The van der Waals surface area contributed by atoms with E-state index in [0.29, 0.717) is 11.9 Å². The predicted octanol–water partition coefficient (Wildman–Crippen LogP) is 3.76. The number of hydrogen-bond donors (Lipinski definition) is 1. The lowest BCUT2D eigenvalue weighted by Crippen LogP contribution is -2.18. The van der Waals surface area contributed by atoms with Gasteiger partial charge in [-0.25, -0.2) is 4.98 Å². The Morgan fingerprint density at radius 2 is 1.65 bits per heavy atom. The fraction of sp³-hybridized carbons (Fsp3) is 0.0833. The topological polar surface area (TPSA) is 81.8 Å². The fourth-order valence-electron chi connectivity index (χ4n) is 3.64. The summed E-state index contributed by atoms with van der Waals surface area (Å²) >= 11 is 0. The Bertz CT molecular complexity index is 1450. The first-order valence-electron chi connectivity index (χ1n) is 9.96. The average molecular weight is 409 g/mol. The van der Waals surface area contributed by atoms with Crippen LogP contribution in [0.4, 0.5) is 5.69 Å². The summed E-state index contributed by atoms with van der Waals surface area (Å²) in [6.07, 6.45) is 3.33. The van der Waals surface area contributed by atoms with Gasteiger partial charge in [-0.15, -0.1) is 0 Å². The number of carbonyl (C=O) groups excluding carboxylic acids is 1. The van der Waals surface area contributed by atoms with Crippen LogP contribution in [0.25, 0.3) is 27.6 Å². The highest BCUT2D eigenvalue weighted by molar-refractivity contribution is 5.91. The van der Waals surface area contributed by atoms with Gasteiger partial charge < -0.3 is 5.32 Å². The molecule has 152 valence electrons. The number of aromatic nitrogens is 4. The molecule has 2 heterocycles. The highest BCUT2D eigenvalue weighted by atomic mass is 16.1. The molecule has 0 aliphatic rings. The van der Waals surface area contributed by atoms with Crippen LogP contribution in [0.3, 0.4) is 0 Å². The minimum atomic E-state index is -0.123. The molecule has 1 amide bonds. The third kappa shape index (κ3) is 3.69. The molecule has 0 fully saturated rings. The molecular weight excluding hydrogens is 390 g/mol. The number of para-hydroxylation sites is 3. The number of aryl methyl sites for hydroxylation is 1. The Balaban J connectivity index is 1.27. The quantitative estimate of drug-likeness (QED) is 0.479. The lowest BCUT2D eigenvalue weighted by atomic mass is 10.2. The molecule has 0 radical (unpaired) electrons. The van der Waals surface area contributed by atoms with E-state index in [-0.39, 0.29) is 17.8 Å². The highest BCUT2D eigenvalue weighted by Gasteiger charge is 2.08. The second-order valence-corrected chi connectivity index (χ2v) is 7.20. The van der Waals surface area contributed by atoms with E-state index in [4.69, 9.17) is 0 Å². The van der Waals surface area contributed by atoms with Crippen molar-refractivity contribution in [3.63, 3.8) is 0 Å². The minimum absolute atomic E-state index is 0.120. The SMILES string of the molecule is O=C(CCn1ncc(=O)c2ccccc21)Nc1ccc(-n2cnc3ccccc32)cc1. The fourth-order valence-corrected chi connectivity index (χ4v) is 3.64. The molecule has 5 aromatic rings. The molecule has 7 heteroatoms. The first-order valence-corrected chi connectivity index (χ1v) is 9.96. The second kappa shape index (κ2) is 7.87. The Kier molecular flexibility index (Phi) is 4.76. The lowest BCUT2D eigenvalue weighted by Gasteiger charge is -2.10. The molecule has 0 saturated carbocycles. The molecule has 0 atom stereocenters. The van der Waals surface area contributed by atoms with E-state index < -0.39 is 0 Å².